The molecule has 1 saturated heterocycles. The van der Waals surface area contributed by atoms with Crippen molar-refractivity contribution in [3.63, 3.8) is 0 Å². The molecule has 5 rings (SSSR count). The summed E-state index contributed by atoms with van der Waals surface area (Å²) in [5, 5.41) is 0. The van der Waals surface area contributed by atoms with E-state index in [0.29, 0.717) is 42.9 Å². The van der Waals surface area contributed by atoms with Gasteiger partial charge in [0.05, 0.1) is 16.8 Å². The van der Waals surface area contributed by atoms with E-state index in [1.54, 1.807) is 29.4 Å². The summed E-state index contributed by atoms with van der Waals surface area (Å²) in [7, 11) is 0. The van der Waals surface area contributed by atoms with Gasteiger partial charge in [-0.05, 0) is 39.0 Å². The Morgan fingerprint density at radius 1 is 0.829 bits per heavy atom. The Kier molecular flexibility index (Phi) is 5.59. The van der Waals surface area contributed by atoms with E-state index in [1.807, 2.05) is 57.2 Å². The van der Waals surface area contributed by atoms with Gasteiger partial charge in [-0.25, -0.2) is 9.97 Å². The molecule has 0 atom stereocenters. The maximum absolute atomic E-state index is 13.2. The second-order valence-electron chi connectivity index (χ2n) is 9.78. The molecule has 2 aliphatic heterocycles. The van der Waals surface area contributed by atoms with Gasteiger partial charge in [-0.1, -0.05) is 30.3 Å². The van der Waals surface area contributed by atoms with Gasteiger partial charge in [-0.15, -0.1) is 0 Å². The van der Waals surface area contributed by atoms with Crippen LogP contribution in [0, 0.1) is 0 Å². The second kappa shape index (κ2) is 8.61. The SMILES string of the molecule is CC(C)(C)N1C(=O)c2ccc(C(=O)N3CCN(c4cc(-c5ccccc5)ncn4)CC3)cc2C1=O. The maximum atomic E-state index is 13.2. The zero-order valence-electron chi connectivity index (χ0n) is 20.1. The third-order valence-corrected chi connectivity index (χ3v) is 6.42. The molecule has 0 unspecified atom stereocenters. The van der Waals surface area contributed by atoms with Crippen LogP contribution in [0.3, 0.4) is 0 Å². The molecule has 0 aliphatic carbocycles. The van der Waals surface area contributed by atoms with Gasteiger partial charge in [-0.2, -0.15) is 0 Å². The van der Waals surface area contributed by atoms with Gasteiger partial charge in [-0.3, -0.25) is 19.3 Å². The first-order chi connectivity index (χ1) is 16.7. The highest BCUT2D eigenvalue weighted by molar-refractivity contribution is 6.22. The van der Waals surface area contributed by atoms with Crippen LogP contribution in [-0.2, 0) is 0 Å². The summed E-state index contributed by atoms with van der Waals surface area (Å²) in [6.07, 6.45) is 1.57. The van der Waals surface area contributed by atoms with Crippen molar-refractivity contribution in [3.8, 4) is 11.3 Å². The lowest BCUT2D eigenvalue weighted by atomic mass is 10.0. The Bertz CT molecular complexity index is 1310. The van der Waals surface area contributed by atoms with Gasteiger partial charge >= 0.3 is 0 Å². The molecule has 2 aromatic carbocycles. The molecule has 3 amide bonds. The summed E-state index contributed by atoms with van der Waals surface area (Å²) in [6, 6.07) is 16.7. The van der Waals surface area contributed by atoms with Crippen molar-refractivity contribution in [3.05, 3.63) is 77.6 Å². The summed E-state index contributed by atoms with van der Waals surface area (Å²) in [5.74, 6) is 0.0178. The Morgan fingerprint density at radius 3 is 2.20 bits per heavy atom. The van der Waals surface area contributed by atoms with Crippen molar-refractivity contribution >= 4 is 23.5 Å². The molecule has 178 valence electrons. The maximum Gasteiger partial charge on any atom is 0.262 e. The molecular weight excluding hydrogens is 442 g/mol. The molecule has 1 aromatic heterocycles. The minimum absolute atomic E-state index is 0.144. The minimum Gasteiger partial charge on any atom is -0.353 e. The quantitative estimate of drug-likeness (QED) is 0.546. The smallest absolute Gasteiger partial charge is 0.262 e. The summed E-state index contributed by atoms with van der Waals surface area (Å²) in [6.45, 7) is 7.79. The predicted molar refractivity (Wildman–Crippen MR) is 132 cm³/mol. The van der Waals surface area contributed by atoms with Crippen molar-refractivity contribution < 1.29 is 14.4 Å². The van der Waals surface area contributed by atoms with Gasteiger partial charge in [0.2, 0.25) is 0 Å². The second-order valence-corrected chi connectivity index (χ2v) is 9.78. The molecule has 0 saturated carbocycles. The van der Waals surface area contributed by atoms with Crippen LogP contribution in [0.2, 0.25) is 0 Å². The summed E-state index contributed by atoms with van der Waals surface area (Å²) in [5.41, 5.74) is 2.32. The number of rotatable bonds is 3. The first-order valence-electron chi connectivity index (χ1n) is 11.7. The zero-order chi connectivity index (χ0) is 24.7. The topological polar surface area (TPSA) is 86.7 Å². The van der Waals surface area contributed by atoms with Crippen LogP contribution < -0.4 is 4.90 Å². The van der Waals surface area contributed by atoms with E-state index in [1.165, 1.54) is 4.90 Å². The first-order valence-corrected chi connectivity index (χ1v) is 11.7. The van der Waals surface area contributed by atoms with E-state index < -0.39 is 5.54 Å². The van der Waals surface area contributed by atoms with Crippen molar-refractivity contribution in [2.45, 2.75) is 26.3 Å². The fourth-order valence-corrected chi connectivity index (χ4v) is 4.59. The van der Waals surface area contributed by atoms with Crippen molar-refractivity contribution in [1.82, 2.24) is 19.8 Å². The number of nitrogens with zero attached hydrogens (tertiary/aromatic N) is 5. The number of aromatic nitrogens is 2. The van der Waals surface area contributed by atoms with Crippen LogP contribution in [0.25, 0.3) is 11.3 Å². The van der Waals surface area contributed by atoms with Crippen LogP contribution in [-0.4, -0.2) is 69.2 Å². The van der Waals surface area contributed by atoms with Crippen LogP contribution in [0.4, 0.5) is 5.82 Å². The van der Waals surface area contributed by atoms with Crippen LogP contribution in [0.5, 0.6) is 0 Å². The van der Waals surface area contributed by atoms with Gasteiger partial charge in [0.1, 0.15) is 12.1 Å². The molecule has 3 aromatic rings. The predicted octanol–water partition coefficient (Wildman–Crippen LogP) is 3.50. The Balaban J connectivity index is 1.28. The fourth-order valence-electron chi connectivity index (χ4n) is 4.59. The Hall–Kier alpha value is -4.07. The number of benzene rings is 2. The average Bonchev–Trinajstić information content (AvgIpc) is 3.13. The number of fused-ring (bicyclic) bond motifs is 1. The molecule has 3 heterocycles. The molecule has 8 heteroatoms. The largest absolute Gasteiger partial charge is 0.353 e. The summed E-state index contributed by atoms with van der Waals surface area (Å²) < 4.78 is 0. The number of imide groups is 1. The highest BCUT2D eigenvalue weighted by Gasteiger charge is 2.42. The van der Waals surface area contributed by atoms with Gasteiger partial charge in [0.25, 0.3) is 17.7 Å². The van der Waals surface area contributed by atoms with Crippen LogP contribution in [0.1, 0.15) is 51.8 Å². The number of hydrogen-bond donors (Lipinski definition) is 0. The van der Waals surface area contributed by atoms with E-state index in [0.717, 1.165) is 17.1 Å². The van der Waals surface area contributed by atoms with Gasteiger partial charge in [0, 0.05) is 48.9 Å². The van der Waals surface area contributed by atoms with Crippen molar-refractivity contribution in [1.29, 1.82) is 0 Å². The standard InChI is InChI=1S/C27H27N5O3/c1-27(2,3)32-25(34)20-10-9-19(15-21(20)26(32)35)24(33)31-13-11-30(12-14-31)23-16-22(28-17-29-23)18-7-5-4-6-8-18/h4-10,15-17H,11-14H2,1-3H3. The van der Waals surface area contributed by atoms with E-state index in [-0.39, 0.29) is 17.7 Å². The third-order valence-electron chi connectivity index (χ3n) is 6.42. The number of amides is 3. The summed E-state index contributed by atoms with van der Waals surface area (Å²) in [4.78, 5) is 52.8. The van der Waals surface area contributed by atoms with E-state index in [2.05, 4.69) is 14.9 Å². The Labute approximate surface area is 204 Å². The van der Waals surface area contributed by atoms with Crippen molar-refractivity contribution in [2.75, 3.05) is 31.1 Å². The number of piperazine rings is 1. The molecule has 0 N–H and O–H groups in total. The zero-order valence-corrected chi connectivity index (χ0v) is 20.1. The lowest BCUT2D eigenvalue weighted by Gasteiger charge is -2.35. The highest BCUT2D eigenvalue weighted by atomic mass is 16.2. The first kappa shape index (κ1) is 22.7. The Morgan fingerprint density at radius 2 is 1.51 bits per heavy atom. The number of carbonyl (C=O) groups excluding carboxylic acids is 3. The average molecular weight is 470 g/mol. The number of carbonyl (C=O) groups is 3. The van der Waals surface area contributed by atoms with E-state index >= 15 is 0 Å². The lowest BCUT2D eigenvalue weighted by molar-refractivity contribution is 0.0507. The van der Waals surface area contributed by atoms with E-state index in [4.69, 9.17) is 0 Å². The third kappa shape index (κ3) is 4.16. The van der Waals surface area contributed by atoms with Gasteiger partial charge in [0.15, 0.2) is 0 Å². The fraction of sp³-hybridized carbons (Fsp3) is 0.296. The minimum atomic E-state index is -0.630. The highest BCUT2D eigenvalue weighted by Crippen LogP contribution is 2.30. The molecule has 0 bridgehead atoms. The molecule has 0 spiro atoms. The number of anilines is 1. The molecule has 0 radical (unpaired) electrons. The molecule has 8 nitrogen and oxygen atoms in total. The van der Waals surface area contributed by atoms with Crippen molar-refractivity contribution in [2.24, 2.45) is 0 Å². The summed E-state index contributed by atoms with van der Waals surface area (Å²) >= 11 is 0. The van der Waals surface area contributed by atoms with Crippen LogP contribution in [0.15, 0.2) is 60.9 Å². The molecule has 35 heavy (non-hydrogen) atoms. The van der Waals surface area contributed by atoms with E-state index in [9.17, 15) is 14.4 Å². The molecule has 2 aliphatic rings. The number of hydrogen-bond acceptors (Lipinski definition) is 6. The normalized spacial score (nSPS) is 16.0. The van der Waals surface area contributed by atoms with Crippen LogP contribution >= 0.6 is 0 Å². The lowest BCUT2D eigenvalue weighted by Crippen LogP contribution is -2.49. The van der Waals surface area contributed by atoms with Gasteiger partial charge < -0.3 is 9.80 Å². The monoisotopic (exact) mass is 469 g/mol. The molecule has 1 fully saturated rings. The molecular formula is C27H27N5O3.